The van der Waals surface area contributed by atoms with Crippen molar-refractivity contribution in [1.29, 1.82) is 0 Å². The van der Waals surface area contributed by atoms with Crippen molar-refractivity contribution >= 4 is 41.7 Å². The molecule has 1 rings (SSSR count). The molecule has 5 heteroatoms. The van der Waals surface area contributed by atoms with E-state index >= 15 is 0 Å². The lowest BCUT2D eigenvalue weighted by Gasteiger charge is -2.28. The van der Waals surface area contributed by atoms with Crippen LogP contribution in [-0.2, 0) is 0 Å². The number of hydrogen-bond acceptors (Lipinski definition) is 2. The fourth-order valence-corrected chi connectivity index (χ4v) is 2.85. The molecule has 1 fully saturated rings. The Morgan fingerprint density at radius 3 is 2.42 bits per heavy atom. The molecule has 1 unspecified atom stereocenters. The average Bonchev–Trinajstić information content (AvgIpc) is 2.88. The zero-order chi connectivity index (χ0) is 13.4. The number of thioether (sulfide) groups is 1. The first-order valence-electron chi connectivity index (χ1n) is 7.13. The molecule has 0 amide bonds. The maximum absolute atomic E-state index is 4.31. The Morgan fingerprint density at radius 1 is 1.32 bits per heavy atom. The second-order valence-electron chi connectivity index (χ2n) is 5.41. The summed E-state index contributed by atoms with van der Waals surface area (Å²) in [4.78, 5) is 4.31. The first-order valence-corrected chi connectivity index (χ1v) is 8.42. The molecule has 114 valence electrons. The van der Waals surface area contributed by atoms with Gasteiger partial charge in [-0.3, -0.25) is 4.99 Å². The minimum Gasteiger partial charge on any atom is -0.356 e. The van der Waals surface area contributed by atoms with Crippen molar-refractivity contribution < 1.29 is 0 Å². The van der Waals surface area contributed by atoms with Crippen LogP contribution in [0.1, 0.15) is 46.0 Å². The SMILES string of the molecule is CCC1(CNC(=NC)NCC(C)SC)CCCC1.I. The third-order valence-corrected chi connectivity index (χ3v) is 5.20. The molecule has 0 radical (unpaired) electrons. The number of guanidine groups is 1. The fraction of sp³-hybridized carbons (Fsp3) is 0.929. The van der Waals surface area contributed by atoms with E-state index in [0.29, 0.717) is 10.7 Å². The molecule has 3 nitrogen and oxygen atoms in total. The summed E-state index contributed by atoms with van der Waals surface area (Å²) in [7, 11) is 1.85. The topological polar surface area (TPSA) is 36.4 Å². The van der Waals surface area contributed by atoms with Gasteiger partial charge in [-0.1, -0.05) is 26.7 Å². The lowest BCUT2D eigenvalue weighted by Crippen LogP contribution is -2.44. The van der Waals surface area contributed by atoms with Crippen LogP contribution in [0.25, 0.3) is 0 Å². The van der Waals surface area contributed by atoms with Gasteiger partial charge in [0, 0.05) is 25.4 Å². The smallest absolute Gasteiger partial charge is 0.191 e. The van der Waals surface area contributed by atoms with Gasteiger partial charge in [-0.25, -0.2) is 0 Å². The Hall–Kier alpha value is 0.350. The molecule has 1 aliphatic rings. The lowest BCUT2D eigenvalue weighted by atomic mass is 9.83. The lowest BCUT2D eigenvalue weighted by molar-refractivity contribution is 0.283. The van der Waals surface area contributed by atoms with E-state index in [9.17, 15) is 0 Å². The summed E-state index contributed by atoms with van der Waals surface area (Å²) in [5.41, 5.74) is 0.517. The Balaban J connectivity index is 0.00000324. The van der Waals surface area contributed by atoms with Crippen molar-refractivity contribution in [2.45, 2.75) is 51.2 Å². The van der Waals surface area contributed by atoms with Crippen molar-refractivity contribution in [3.8, 4) is 0 Å². The van der Waals surface area contributed by atoms with E-state index in [-0.39, 0.29) is 24.0 Å². The standard InChI is InChI=1S/C14H29N3S.HI/c1-5-14(8-6-7-9-14)11-17-13(15-3)16-10-12(2)18-4;/h12H,5-11H2,1-4H3,(H2,15,16,17);1H. The van der Waals surface area contributed by atoms with Crippen LogP contribution < -0.4 is 10.6 Å². The molecule has 1 atom stereocenters. The third-order valence-electron chi connectivity index (χ3n) is 4.23. The molecule has 1 saturated carbocycles. The van der Waals surface area contributed by atoms with Gasteiger partial charge in [0.2, 0.25) is 0 Å². The molecule has 0 aromatic heterocycles. The van der Waals surface area contributed by atoms with E-state index in [1.807, 2.05) is 18.8 Å². The summed E-state index contributed by atoms with van der Waals surface area (Å²) in [6.45, 7) is 6.59. The Morgan fingerprint density at radius 2 is 1.95 bits per heavy atom. The number of halogens is 1. The highest BCUT2D eigenvalue weighted by molar-refractivity contribution is 14.0. The number of nitrogens with one attached hydrogen (secondary N) is 2. The summed E-state index contributed by atoms with van der Waals surface area (Å²) in [5.74, 6) is 0.954. The van der Waals surface area contributed by atoms with Crippen LogP contribution in [0, 0.1) is 5.41 Å². The number of rotatable bonds is 6. The highest BCUT2D eigenvalue weighted by Gasteiger charge is 2.31. The Kier molecular flexibility index (Phi) is 10.3. The van der Waals surface area contributed by atoms with Crippen molar-refractivity contribution in [2.75, 3.05) is 26.4 Å². The van der Waals surface area contributed by atoms with E-state index in [0.717, 1.165) is 19.0 Å². The highest BCUT2D eigenvalue weighted by Crippen LogP contribution is 2.40. The van der Waals surface area contributed by atoms with Gasteiger partial charge >= 0.3 is 0 Å². The maximum Gasteiger partial charge on any atom is 0.191 e. The Bertz CT molecular complexity index is 265. The molecule has 2 N–H and O–H groups in total. The molecular formula is C14H30IN3S. The van der Waals surface area contributed by atoms with Crippen molar-refractivity contribution in [3.63, 3.8) is 0 Å². The van der Waals surface area contributed by atoms with Crippen LogP contribution in [0.4, 0.5) is 0 Å². The van der Waals surface area contributed by atoms with E-state index in [1.165, 1.54) is 32.1 Å². The van der Waals surface area contributed by atoms with Crippen LogP contribution in [0.3, 0.4) is 0 Å². The summed E-state index contributed by atoms with van der Waals surface area (Å²) in [5, 5.41) is 7.54. The first-order chi connectivity index (χ1) is 8.65. The van der Waals surface area contributed by atoms with Crippen molar-refractivity contribution in [1.82, 2.24) is 10.6 Å². The second-order valence-corrected chi connectivity index (χ2v) is 6.69. The van der Waals surface area contributed by atoms with Crippen LogP contribution >= 0.6 is 35.7 Å². The van der Waals surface area contributed by atoms with Crippen molar-refractivity contribution in [2.24, 2.45) is 10.4 Å². The minimum absolute atomic E-state index is 0. The number of hydrogen-bond donors (Lipinski definition) is 2. The molecule has 0 aromatic rings. The summed E-state index contributed by atoms with van der Waals surface area (Å²) >= 11 is 1.88. The van der Waals surface area contributed by atoms with E-state index < -0.39 is 0 Å². The predicted octanol–water partition coefficient (Wildman–Crippen LogP) is 3.49. The van der Waals surface area contributed by atoms with Gasteiger partial charge in [0.05, 0.1) is 0 Å². The zero-order valence-electron chi connectivity index (χ0n) is 12.8. The van der Waals surface area contributed by atoms with Crippen LogP contribution in [0.5, 0.6) is 0 Å². The number of nitrogens with zero attached hydrogens (tertiary/aromatic N) is 1. The summed E-state index contributed by atoms with van der Waals surface area (Å²) in [6, 6.07) is 0. The molecule has 0 heterocycles. The van der Waals surface area contributed by atoms with E-state index in [1.54, 1.807) is 0 Å². The van der Waals surface area contributed by atoms with Gasteiger partial charge in [-0.15, -0.1) is 24.0 Å². The highest BCUT2D eigenvalue weighted by atomic mass is 127. The Labute approximate surface area is 140 Å². The minimum atomic E-state index is 0. The molecule has 19 heavy (non-hydrogen) atoms. The maximum atomic E-state index is 4.31. The van der Waals surface area contributed by atoms with Gasteiger partial charge in [0.15, 0.2) is 5.96 Å². The van der Waals surface area contributed by atoms with Crippen LogP contribution in [0.2, 0.25) is 0 Å². The van der Waals surface area contributed by atoms with Crippen LogP contribution in [-0.4, -0.2) is 37.6 Å². The first kappa shape index (κ1) is 19.4. The molecule has 0 aliphatic heterocycles. The normalized spacial score (nSPS) is 19.7. The molecular weight excluding hydrogens is 369 g/mol. The predicted molar refractivity (Wildman–Crippen MR) is 98.9 cm³/mol. The fourth-order valence-electron chi connectivity index (χ4n) is 2.60. The van der Waals surface area contributed by atoms with Gasteiger partial charge in [0.25, 0.3) is 0 Å². The van der Waals surface area contributed by atoms with E-state index in [2.05, 4.69) is 35.7 Å². The van der Waals surface area contributed by atoms with E-state index in [4.69, 9.17) is 0 Å². The van der Waals surface area contributed by atoms with Gasteiger partial charge < -0.3 is 10.6 Å². The average molecular weight is 399 g/mol. The zero-order valence-corrected chi connectivity index (χ0v) is 15.9. The van der Waals surface area contributed by atoms with Gasteiger partial charge in [-0.05, 0) is 30.9 Å². The largest absolute Gasteiger partial charge is 0.356 e. The van der Waals surface area contributed by atoms with Gasteiger partial charge in [0.1, 0.15) is 0 Å². The summed E-state index contributed by atoms with van der Waals surface area (Å²) in [6.07, 6.45) is 8.95. The molecule has 0 bridgehead atoms. The monoisotopic (exact) mass is 399 g/mol. The molecule has 0 saturated heterocycles. The second kappa shape index (κ2) is 10.1. The number of aliphatic imine (C=N–C) groups is 1. The quantitative estimate of drug-likeness (QED) is 0.408. The third kappa shape index (κ3) is 6.56. The van der Waals surface area contributed by atoms with Crippen molar-refractivity contribution in [3.05, 3.63) is 0 Å². The van der Waals surface area contributed by atoms with Gasteiger partial charge in [-0.2, -0.15) is 11.8 Å². The molecule has 1 aliphatic carbocycles. The summed E-state index contributed by atoms with van der Waals surface area (Å²) < 4.78 is 0. The molecule has 0 aromatic carbocycles. The van der Waals surface area contributed by atoms with Crippen LogP contribution in [0.15, 0.2) is 4.99 Å². The molecule has 0 spiro atoms.